The topological polar surface area (TPSA) is 63.2 Å². The molecule has 7 heteroatoms. The van der Waals surface area contributed by atoms with Crippen molar-refractivity contribution >= 4 is 25.6 Å². The van der Waals surface area contributed by atoms with E-state index in [2.05, 4.69) is 5.32 Å². The molecule has 1 amide bonds. The molecule has 0 saturated carbocycles. The maximum Gasteiger partial charge on any atom is 0.261 e. The van der Waals surface area contributed by atoms with E-state index in [1.54, 1.807) is 0 Å². The smallest absolute Gasteiger partial charge is 0.261 e. The zero-order valence-electron chi connectivity index (χ0n) is 11.5. The highest BCUT2D eigenvalue weighted by atomic mass is 35.7. The number of nitrogens with one attached hydrogen (secondary N) is 1. The molecule has 0 aliphatic heterocycles. The number of amides is 1. The van der Waals surface area contributed by atoms with Gasteiger partial charge in [-0.15, -0.1) is 0 Å². The molecule has 0 heterocycles. The number of hydrogen-bond donors (Lipinski definition) is 1. The highest BCUT2D eigenvalue weighted by Crippen LogP contribution is 2.23. The summed E-state index contributed by atoms with van der Waals surface area (Å²) in [5.41, 5.74) is -0.159. The first-order valence-corrected chi connectivity index (χ1v) is 8.53. The predicted molar refractivity (Wildman–Crippen MR) is 76.0 cm³/mol. The second-order valence-corrected chi connectivity index (χ2v) is 7.22. The van der Waals surface area contributed by atoms with E-state index < -0.39 is 20.8 Å². The Balaban J connectivity index is 3.15. The van der Waals surface area contributed by atoms with Crippen molar-refractivity contribution in [3.8, 4) is 0 Å². The van der Waals surface area contributed by atoms with Gasteiger partial charge in [-0.1, -0.05) is 13.3 Å². The molecule has 0 bridgehead atoms. The van der Waals surface area contributed by atoms with Crippen LogP contribution in [-0.4, -0.2) is 20.4 Å². The van der Waals surface area contributed by atoms with E-state index in [4.69, 9.17) is 10.7 Å². The largest absolute Gasteiger partial charge is 0.350 e. The summed E-state index contributed by atoms with van der Waals surface area (Å²) < 4.78 is 36.5. The maximum atomic E-state index is 13.7. The Labute approximate surface area is 122 Å². The Bertz CT molecular complexity index is 616. The van der Waals surface area contributed by atoms with Crippen LogP contribution in [0.1, 0.15) is 42.6 Å². The van der Waals surface area contributed by atoms with Crippen LogP contribution >= 0.6 is 10.7 Å². The minimum Gasteiger partial charge on any atom is -0.350 e. The fourth-order valence-electron chi connectivity index (χ4n) is 1.85. The van der Waals surface area contributed by atoms with Gasteiger partial charge >= 0.3 is 0 Å². The Morgan fingerprint density at radius 3 is 2.55 bits per heavy atom. The third-order valence-electron chi connectivity index (χ3n) is 2.92. The quantitative estimate of drug-likeness (QED) is 0.848. The average molecular weight is 322 g/mol. The van der Waals surface area contributed by atoms with Crippen LogP contribution in [0.2, 0.25) is 0 Å². The van der Waals surface area contributed by atoms with Gasteiger partial charge in [-0.3, -0.25) is 4.79 Å². The molecule has 0 aliphatic carbocycles. The Morgan fingerprint density at radius 1 is 1.45 bits per heavy atom. The number of carbonyl (C=O) groups excluding carboxylic acids is 1. The molecule has 1 N–H and O–H groups in total. The standard InChI is InChI=1S/C13H17ClFNO3S/c1-4-5-8(2)16-13(17)10-6-11(15)9(3)12(7-10)20(14,18)19/h6-8H,4-5H2,1-3H3,(H,16,17). The number of rotatable bonds is 5. The zero-order chi connectivity index (χ0) is 15.5. The number of halogens is 2. The molecule has 20 heavy (non-hydrogen) atoms. The Hall–Kier alpha value is -1.14. The molecule has 112 valence electrons. The number of benzene rings is 1. The van der Waals surface area contributed by atoms with Gasteiger partial charge in [0.05, 0.1) is 4.90 Å². The summed E-state index contributed by atoms with van der Waals surface area (Å²) in [6, 6.07) is 2.02. The van der Waals surface area contributed by atoms with E-state index in [0.717, 1.165) is 25.0 Å². The molecule has 1 aromatic rings. The molecule has 0 radical (unpaired) electrons. The zero-order valence-corrected chi connectivity index (χ0v) is 13.1. The molecular formula is C13H17ClFNO3S. The predicted octanol–water partition coefficient (Wildman–Crippen LogP) is 2.98. The lowest BCUT2D eigenvalue weighted by Gasteiger charge is -2.14. The van der Waals surface area contributed by atoms with Gasteiger partial charge in [0.1, 0.15) is 5.82 Å². The second kappa shape index (κ2) is 6.54. The summed E-state index contributed by atoms with van der Waals surface area (Å²) >= 11 is 0. The van der Waals surface area contributed by atoms with Crippen LogP contribution in [0, 0.1) is 12.7 Å². The summed E-state index contributed by atoms with van der Waals surface area (Å²) in [7, 11) is 1.14. The monoisotopic (exact) mass is 321 g/mol. The van der Waals surface area contributed by atoms with Crippen molar-refractivity contribution in [1.29, 1.82) is 0 Å². The Morgan fingerprint density at radius 2 is 2.05 bits per heavy atom. The molecule has 1 unspecified atom stereocenters. The van der Waals surface area contributed by atoms with Gasteiger partial charge in [-0.05, 0) is 32.4 Å². The van der Waals surface area contributed by atoms with Gasteiger partial charge in [0.25, 0.3) is 15.0 Å². The van der Waals surface area contributed by atoms with Crippen LogP contribution in [0.15, 0.2) is 17.0 Å². The number of hydrogen-bond acceptors (Lipinski definition) is 3. The first-order chi connectivity index (χ1) is 9.16. The lowest BCUT2D eigenvalue weighted by Crippen LogP contribution is -2.32. The van der Waals surface area contributed by atoms with Crippen LogP contribution in [0.5, 0.6) is 0 Å². The Kier molecular flexibility index (Phi) is 5.53. The van der Waals surface area contributed by atoms with Crippen molar-refractivity contribution in [2.24, 2.45) is 0 Å². The van der Waals surface area contributed by atoms with Crippen molar-refractivity contribution < 1.29 is 17.6 Å². The average Bonchev–Trinajstić information content (AvgIpc) is 2.30. The van der Waals surface area contributed by atoms with Crippen LogP contribution in [0.4, 0.5) is 4.39 Å². The van der Waals surface area contributed by atoms with E-state index in [-0.39, 0.29) is 22.1 Å². The summed E-state index contributed by atoms with van der Waals surface area (Å²) in [5, 5.41) is 2.68. The van der Waals surface area contributed by atoms with E-state index in [0.29, 0.717) is 0 Å². The lowest BCUT2D eigenvalue weighted by molar-refractivity contribution is 0.0937. The third kappa shape index (κ3) is 4.18. The van der Waals surface area contributed by atoms with Crippen molar-refractivity contribution in [3.05, 3.63) is 29.1 Å². The minimum atomic E-state index is -4.10. The molecule has 0 fully saturated rings. The highest BCUT2D eigenvalue weighted by molar-refractivity contribution is 8.13. The summed E-state index contributed by atoms with van der Waals surface area (Å²) in [4.78, 5) is 11.6. The van der Waals surface area contributed by atoms with Gasteiger partial charge in [0.2, 0.25) is 0 Å². The van der Waals surface area contributed by atoms with E-state index in [1.165, 1.54) is 6.92 Å². The van der Waals surface area contributed by atoms with Gasteiger partial charge in [0, 0.05) is 27.9 Å². The van der Waals surface area contributed by atoms with Gasteiger partial charge < -0.3 is 5.32 Å². The first-order valence-electron chi connectivity index (χ1n) is 6.22. The molecule has 1 rings (SSSR count). The molecule has 4 nitrogen and oxygen atoms in total. The molecular weight excluding hydrogens is 305 g/mol. The van der Waals surface area contributed by atoms with Crippen LogP contribution in [0.25, 0.3) is 0 Å². The molecule has 1 atom stereocenters. The van der Waals surface area contributed by atoms with Crippen molar-refractivity contribution in [2.75, 3.05) is 0 Å². The van der Waals surface area contributed by atoms with Crippen molar-refractivity contribution in [1.82, 2.24) is 5.32 Å². The minimum absolute atomic E-state index is 0.0599. The van der Waals surface area contributed by atoms with Crippen molar-refractivity contribution in [2.45, 2.75) is 44.6 Å². The third-order valence-corrected chi connectivity index (χ3v) is 4.37. The van der Waals surface area contributed by atoms with Gasteiger partial charge in [0.15, 0.2) is 0 Å². The number of carbonyl (C=O) groups is 1. The van der Waals surface area contributed by atoms with Crippen LogP contribution < -0.4 is 5.32 Å². The molecule has 1 aromatic carbocycles. The lowest BCUT2D eigenvalue weighted by atomic mass is 10.1. The summed E-state index contributed by atoms with van der Waals surface area (Å²) in [5.74, 6) is -1.30. The SMILES string of the molecule is CCCC(C)NC(=O)c1cc(F)c(C)c(S(=O)(=O)Cl)c1. The van der Waals surface area contributed by atoms with Gasteiger partial charge in [-0.25, -0.2) is 12.8 Å². The molecule has 0 saturated heterocycles. The van der Waals surface area contributed by atoms with Crippen LogP contribution in [0.3, 0.4) is 0 Å². The second-order valence-electron chi connectivity index (χ2n) is 4.68. The summed E-state index contributed by atoms with van der Waals surface area (Å²) in [6.45, 7) is 5.10. The van der Waals surface area contributed by atoms with Gasteiger partial charge in [-0.2, -0.15) is 0 Å². The summed E-state index contributed by atoms with van der Waals surface area (Å²) in [6.07, 6.45) is 1.67. The van der Waals surface area contributed by atoms with Crippen LogP contribution in [-0.2, 0) is 9.05 Å². The molecule has 0 spiro atoms. The highest BCUT2D eigenvalue weighted by Gasteiger charge is 2.20. The fourth-order valence-corrected chi connectivity index (χ4v) is 3.06. The fraction of sp³-hybridized carbons (Fsp3) is 0.462. The molecule has 0 aromatic heterocycles. The van der Waals surface area contributed by atoms with E-state index in [9.17, 15) is 17.6 Å². The first kappa shape index (κ1) is 16.9. The maximum absolute atomic E-state index is 13.7. The van der Waals surface area contributed by atoms with E-state index >= 15 is 0 Å². The molecule has 0 aliphatic rings. The van der Waals surface area contributed by atoms with Crippen molar-refractivity contribution in [3.63, 3.8) is 0 Å². The normalized spacial score (nSPS) is 13.1. The van der Waals surface area contributed by atoms with E-state index in [1.807, 2.05) is 13.8 Å².